The van der Waals surface area contributed by atoms with Crippen LogP contribution in [0.5, 0.6) is 0 Å². The molecule has 1 aromatic rings. The van der Waals surface area contributed by atoms with Gasteiger partial charge in [-0.25, -0.2) is 0 Å². The fourth-order valence-corrected chi connectivity index (χ4v) is 2.42. The average Bonchev–Trinajstić information content (AvgIpc) is 2.94. The highest BCUT2D eigenvalue weighted by molar-refractivity contribution is 5.71. The number of carboxylic acids is 1. The van der Waals surface area contributed by atoms with E-state index in [0.29, 0.717) is 5.89 Å². The number of nitrogens with zero attached hydrogens (tertiary/aromatic N) is 3. The largest absolute Gasteiger partial charge is 0.481 e. The zero-order valence-electron chi connectivity index (χ0n) is 12.5. The van der Waals surface area contributed by atoms with E-state index in [9.17, 15) is 18.0 Å². The molecule has 0 saturated carbocycles. The minimum atomic E-state index is -4.54. The monoisotopic (exact) mass is 321 g/mol. The van der Waals surface area contributed by atoms with Crippen molar-refractivity contribution in [2.45, 2.75) is 38.9 Å². The number of carbonyl (C=O) groups is 1. The summed E-state index contributed by atoms with van der Waals surface area (Å²) in [5.41, 5.74) is -0.353. The lowest BCUT2D eigenvalue weighted by molar-refractivity contribution is -0.188. The van der Waals surface area contributed by atoms with Gasteiger partial charge in [-0.3, -0.25) is 9.69 Å². The summed E-state index contributed by atoms with van der Waals surface area (Å²) < 4.78 is 43.8. The Labute approximate surface area is 125 Å². The summed E-state index contributed by atoms with van der Waals surface area (Å²) in [6.07, 6.45) is -4.54. The Morgan fingerprint density at radius 1 is 1.36 bits per heavy atom. The highest BCUT2D eigenvalue weighted by Crippen LogP contribution is 2.38. The van der Waals surface area contributed by atoms with Gasteiger partial charge in [-0.15, -0.1) is 0 Å². The number of aromatic nitrogens is 2. The van der Waals surface area contributed by atoms with Crippen molar-refractivity contribution in [2.75, 3.05) is 13.1 Å². The quantitative estimate of drug-likeness (QED) is 0.918. The molecule has 0 unspecified atom stereocenters. The zero-order chi connectivity index (χ0) is 16.7. The van der Waals surface area contributed by atoms with Crippen molar-refractivity contribution in [1.82, 2.24) is 15.0 Å². The SMILES string of the molecule is CC(C)(C)c1nc(CN2C[C@@H](C(F)(F)F)[C@H](C(=O)O)C2)no1. The molecule has 1 aromatic heterocycles. The van der Waals surface area contributed by atoms with Crippen molar-refractivity contribution in [3.05, 3.63) is 11.7 Å². The van der Waals surface area contributed by atoms with Crippen LogP contribution in [0.4, 0.5) is 13.2 Å². The van der Waals surface area contributed by atoms with E-state index in [1.54, 1.807) is 0 Å². The number of hydrogen-bond acceptors (Lipinski definition) is 5. The van der Waals surface area contributed by atoms with E-state index in [0.717, 1.165) is 0 Å². The van der Waals surface area contributed by atoms with Crippen molar-refractivity contribution in [3.63, 3.8) is 0 Å². The smallest absolute Gasteiger partial charge is 0.393 e. The van der Waals surface area contributed by atoms with Crippen LogP contribution in [0.3, 0.4) is 0 Å². The molecular weight excluding hydrogens is 303 g/mol. The van der Waals surface area contributed by atoms with E-state index < -0.39 is 24.0 Å². The fourth-order valence-electron chi connectivity index (χ4n) is 2.42. The molecule has 0 spiro atoms. The van der Waals surface area contributed by atoms with E-state index in [1.165, 1.54) is 4.90 Å². The summed E-state index contributed by atoms with van der Waals surface area (Å²) in [5.74, 6) is -4.12. The fraction of sp³-hybridized carbons (Fsp3) is 0.769. The molecule has 124 valence electrons. The first-order chi connectivity index (χ1) is 9.98. The van der Waals surface area contributed by atoms with Gasteiger partial charge in [0.2, 0.25) is 5.89 Å². The van der Waals surface area contributed by atoms with Crippen molar-refractivity contribution in [3.8, 4) is 0 Å². The molecule has 1 fully saturated rings. The molecule has 2 atom stereocenters. The maximum Gasteiger partial charge on any atom is 0.393 e. The van der Waals surface area contributed by atoms with Gasteiger partial charge in [-0.1, -0.05) is 25.9 Å². The molecule has 9 heteroatoms. The number of likely N-dealkylation sites (tertiary alicyclic amines) is 1. The Bertz CT molecular complexity index is 551. The third-order valence-corrected chi connectivity index (χ3v) is 3.61. The number of alkyl halides is 3. The van der Waals surface area contributed by atoms with Crippen molar-refractivity contribution < 1.29 is 27.6 Å². The Morgan fingerprint density at radius 2 is 2.00 bits per heavy atom. The van der Waals surface area contributed by atoms with Gasteiger partial charge in [0.1, 0.15) is 0 Å². The third kappa shape index (κ3) is 3.57. The van der Waals surface area contributed by atoms with Crippen molar-refractivity contribution >= 4 is 5.97 Å². The van der Waals surface area contributed by atoms with Crippen LogP contribution in [-0.2, 0) is 16.8 Å². The predicted molar refractivity (Wildman–Crippen MR) is 68.9 cm³/mol. The molecule has 0 aromatic carbocycles. The minimum absolute atomic E-state index is 0.0376. The van der Waals surface area contributed by atoms with Crippen molar-refractivity contribution in [2.24, 2.45) is 11.8 Å². The van der Waals surface area contributed by atoms with Crippen LogP contribution in [0.1, 0.15) is 32.5 Å². The highest BCUT2D eigenvalue weighted by atomic mass is 19.4. The topological polar surface area (TPSA) is 79.5 Å². The molecule has 6 nitrogen and oxygen atoms in total. The Hall–Kier alpha value is -1.64. The van der Waals surface area contributed by atoms with E-state index in [-0.39, 0.29) is 30.9 Å². The molecule has 1 saturated heterocycles. The lowest BCUT2D eigenvalue weighted by Crippen LogP contribution is -2.33. The van der Waals surface area contributed by atoms with Gasteiger partial charge in [0.15, 0.2) is 5.82 Å². The molecule has 0 radical (unpaired) electrons. The summed E-state index contributed by atoms with van der Waals surface area (Å²) in [6, 6.07) is 0. The number of rotatable bonds is 3. The first kappa shape index (κ1) is 16.7. The summed E-state index contributed by atoms with van der Waals surface area (Å²) >= 11 is 0. The normalized spacial score (nSPS) is 23.9. The first-order valence-electron chi connectivity index (χ1n) is 6.83. The summed E-state index contributed by atoms with van der Waals surface area (Å²) in [5, 5.41) is 12.7. The third-order valence-electron chi connectivity index (χ3n) is 3.61. The van der Waals surface area contributed by atoms with E-state index >= 15 is 0 Å². The van der Waals surface area contributed by atoms with Crippen LogP contribution in [-0.4, -0.2) is 45.4 Å². The van der Waals surface area contributed by atoms with Crippen LogP contribution in [0.25, 0.3) is 0 Å². The second-order valence-electron chi connectivity index (χ2n) is 6.55. The molecule has 1 aliphatic heterocycles. The zero-order valence-corrected chi connectivity index (χ0v) is 12.5. The summed E-state index contributed by atoms with van der Waals surface area (Å²) in [7, 11) is 0. The molecule has 1 N–H and O–H groups in total. The molecular formula is C13H18F3N3O3. The standard InChI is InChI=1S/C13H18F3N3O3/c1-12(2,3)11-17-9(18-22-11)6-19-4-7(10(20)21)8(5-19)13(14,15)16/h7-8H,4-6H2,1-3H3,(H,20,21)/t7-,8-/m1/s1. The van der Waals surface area contributed by atoms with Crippen LogP contribution in [0, 0.1) is 11.8 Å². The van der Waals surface area contributed by atoms with Gasteiger partial charge in [0.25, 0.3) is 0 Å². The highest BCUT2D eigenvalue weighted by Gasteiger charge is 2.52. The second-order valence-corrected chi connectivity index (χ2v) is 6.55. The number of halogens is 3. The van der Waals surface area contributed by atoms with Crippen LogP contribution in [0.2, 0.25) is 0 Å². The minimum Gasteiger partial charge on any atom is -0.481 e. The Balaban J connectivity index is 2.08. The molecule has 1 aliphatic rings. The van der Waals surface area contributed by atoms with Gasteiger partial charge in [-0.2, -0.15) is 18.2 Å². The number of aliphatic carboxylic acids is 1. The molecule has 0 amide bonds. The van der Waals surface area contributed by atoms with Gasteiger partial charge in [-0.05, 0) is 0 Å². The van der Waals surface area contributed by atoms with E-state index in [1.807, 2.05) is 20.8 Å². The van der Waals surface area contributed by atoms with Crippen LogP contribution in [0.15, 0.2) is 4.52 Å². The predicted octanol–water partition coefficient (Wildman–Crippen LogP) is 2.06. The second kappa shape index (κ2) is 5.53. The lowest BCUT2D eigenvalue weighted by atomic mass is 9.96. The molecule has 0 aliphatic carbocycles. The van der Waals surface area contributed by atoms with E-state index in [2.05, 4.69) is 10.1 Å². The van der Waals surface area contributed by atoms with Gasteiger partial charge in [0.05, 0.1) is 18.4 Å². The maximum atomic E-state index is 12.9. The number of hydrogen-bond donors (Lipinski definition) is 1. The van der Waals surface area contributed by atoms with Gasteiger partial charge < -0.3 is 9.63 Å². The van der Waals surface area contributed by atoms with Crippen LogP contribution >= 0.6 is 0 Å². The van der Waals surface area contributed by atoms with E-state index in [4.69, 9.17) is 9.63 Å². The summed E-state index contributed by atoms with van der Waals surface area (Å²) in [6.45, 7) is 5.11. The van der Waals surface area contributed by atoms with Crippen LogP contribution < -0.4 is 0 Å². The summed E-state index contributed by atoms with van der Waals surface area (Å²) in [4.78, 5) is 16.6. The lowest BCUT2D eigenvalue weighted by Gasteiger charge is -2.18. The molecule has 2 heterocycles. The van der Waals surface area contributed by atoms with Crippen molar-refractivity contribution in [1.29, 1.82) is 0 Å². The molecule has 22 heavy (non-hydrogen) atoms. The number of carboxylic acid groups (broad SMARTS) is 1. The van der Waals surface area contributed by atoms with Gasteiger partial charge in [0, 0.05) is 18.5 Å². The van der Waals surface area contributed by atoms with Gasteiger partial charge >= 0.3 is 12.1 Å². The molecule has 2 rings (SSSR count). The maximum absolute atomic E-state index is 12.9. The molecule has 0 bridgehead atoms. The Morgan fingerprint density at radius 3 is 2.41 bits per heavy atom. The first-order valence-corrected chi connectivity index (χ1v) is 6.83. The Kier molecular flexibility index (Phi) is 4.20. The average molecular weight is 321 g/mol.